The van der Waals surface area contributed by atoms with Crippen LogP contribution in [0.1, 0.15) is 19.5 Å². The van der Waals surface area contributed by atoms with Crippen LogP contribution in [-0.2, 0) is 38.2 Å². The first-order valence-corrected chi connectivity index (χ1v) is 12.1. The molecule has 3 heterocycles. The number of allylic oxidation sites excluding steroid dienone is 1. The predicted molar refractivity (Wildman–Crippen MR) is 125 cm³/mol. The van der Waals surface area contributed by atoms with Crippen molar-refractivity contribution >= 4 is 63.7 Å². The number of esters is 3. The molecule has 2 atom stereocenters. The van der Waals surface area contributed by atoms with Crippen LogP contribution in [0, 0.1) is 0 Å². The number of nitrogens with two attached hydrogens (primary N) is 1. The number of β-lactam (4-membered cyclic amide) rings is 1. The molecule has 192 valence electrons. The molecule has 1 saturated heterocycles. The van der Waals surface area contributed by atoms with E-state index in [-0.39, 0.29) is 28.9 Å². The number of thiazole rings is 1. The number of ether oxygens (including phenoxy) is 3. The van der Waals surface area contributed by atoms with Crippen molar-refractivity contribution in [1.82, 2.24) is 15.2 Å². The number of amides is 2. The number of nitrogens with zero attached hydrogens (tertiary/aromatic N) is 3. The van der Waals surface area contributed by atoms with E-state index in [4.69, 9.17) is 15.2 Å². The number of oxime groups is 1. The largest absolute Gasteiger partial charge is 0.462 e. The van der Waals surface area contributed by atoms with Gasteiger partial charge in [0.2, 0.25) is 6.79 Å². The minimum Gasteiger partial charge on any atom is -0.462 e. The van der Waals surface area contributed by atoms with Gasteiger partial charge in [-0.1, -0.05) is 11.2 Å². The molecule has 3 rings (SSSR count). The van der Waals surface area contributed by atoms with E-state index in [1.54, 1.807) is 0 Å². The van der Waals surface area contributed by atoms with Gasteiger partial charge in [0.15, 0.2) is 10.8 Å². The molecule has 36 heavy (non-hydrogen) atoms. The highest BCUT2D eigenvalue weighted by molar-refractivity contribution is 8.00. The molecule has 16 heteroatoms. The lowest BCUT2D eigenvalue weighted by atomic mass is 10.0. The smallest absolute Gasteiger partial charge is 0.358 e. The Labute approximate surface area is 212 Å². The standard InChI is InChI=1S/C20H21N5O9S2/c1-9(26)32-5-3-4-11-6-35-18-14(23-16(28)13(24-31)12-7-36-20(21)22-12)17(29)25(18)15(11)19(30)34-8-33-10(2)27/h3-4,7,14,18,31H,5-6,8H2,1-2H3,(H2,21,22)(H,23,28)/b4-3-,24-13-/t14-,18+/m1/s1. The minimum atomic E-state index is -1.04. The van der Waals surface area contributed by atoms with Gasteiger partial charge in [-0.2, -0.15) is 0 Å². The summed E-state index contributed by atoms with van der Waals surface area (Å²) in [5.74, 6) is -3.34. The van der Waals surface area contributed by atoms with Crippen LogP contribution in [0.2, 0.25) is 0 Å². The fraction of sp³-hybridized carbons (Fsp3) is 0.350. The van der Waals surface area contributed by atoms with Crippen LogP contribution in [0.4, 0.5) is 5.13 Å². The van der Waals surface area contributed by atoms with Gasteiger partial charge in [0.05, 0.1) is 0 Å². The van der Waals surface area contributed by atoms with Crippen LogP contribution in [0.15, 0.2) is 34.0 Å². The molecular formula is C20H21N5O9S2. The van der Waals surface area contributed by atoms with Crippen LogP contribution < -0.4 is 11.1 Å². The molecule has 2 aliphatic rings. The number of rotatable bonds is 9. The third-order valence-electron chi connectivity index (χ3n) is 4.71. The van der Waals surface area contributed by atoms with E-state index in [9.17, 15) is 29.2 Å². The monoisotopic (exact) mass is 539 g/mol. The number of carbonyl (C=O) groups is 5. The molecule has 1 fully saturated rings. The number of hydrogen-bond donors (Lipinski definition) is 3. The Balaban J connectivity index is 1.78. The van der Waals surface area contributed by atoms with Crippen molar-refractivity contribution < 1.29 is 43.4 Å². The second kappa shape index (κ2) is 11.7. The molecule has 0 saturated carbocycles. The zero-order valence-electron chi connectivity index (χ0n) is 19.0. The lowest BCUT2D eigenvalue weighted by Crippen LogP contribution is -2.71. The molecule has 2 amide bonds. The molecule has 0 spiro atoms. The van der Waals surface area contributed by atoms with Crippen molar-refractivity contribution in [3.05, 3.63) is 34.5 Å². The first-order valence-electron chi connectivity index (χ1n) is 10.2. The Bertz CT molecular complexity index is 1180. The van der Waals surface area contributed by atoms with Gasteiger partial charge in [-0.05, 0) is 11.6 Å². The van der Waals surface area contributed by atoms with Crippen LogP contribution in [0.3, 0.4) is 0 Å². The summed E-state index contributed by atoms with van der Waals surface area (Å²) >= 11 is 2.29. The van der Waals surface area contributed by atoms with Crippen molar-refractivity contribution in [2.24, 2.45) is 5.16 Å². The highest BCUT2D eigenvalue weighted by Gasteiger charge is 2.54. The molecule has 0 aromatic carbocycles. The van der Waals surface area contributed by atoms with Gasteiger partial charge in [0.1, 0.15) is 29.4 Å². The predicted octanol–water partition coefficient (Wildman–Crippen LogP) is -0.259. The zero-order valence-corrected chi connectivity index (χ0v) is 20.6. The quantitative estimate of drug-likeness (QED) is 0.0929. The van der Waals surface area contributed by atoms with E-state index in [0.717, 1.165) is 23.2 Å². The summed E-state index contributed by atoms with van der Waals surface area (Å²) in [5.41, 5.74) is 5.44. The Hall–Kier alpha value is -3.92. The highest BCUT2D eigenvalue weighted by atomic mass is 32.2. The van der Waals surface area contributed by atoms with Gasteiger partial charge in [0, 0.05) is 25.0 Å². The Morgan fingerprint density at radius 2 is 2.00 bits per heavy atom. The number of aromatic nitrogens is 1. The molecule has 1 aromatic rings. The zero-order chi connectivity index (χ0) is 26.4. The van der Waals surface area contributed by atoms with Crippen LogP contribution in [-0.4, -0.2) is 81.1 Å². The van der Waals surface area contributed by atoms with E-state index >= 15 is 0 Å². The summed E-state index contributed by atoms with van der Waals surface area (Å²) in [5, 5.41) is 15.6. The van der Waals surface area contributed by atoms with Gasteiger partial charge < -0.3 is 30.5 Å². The number of hydrogen-bond acceptors (Lipinski definition) is 14. The fourth-order valence-electron chi connectivity index (χ4n) is 3.17. The van der Waals surface area contributed by atoms with Gasteiger partial charge in [-0.15, -0.1) is 23.1 Å². The molecule has 1 aromatic heterocycles. The van der Waals surface area contributed by atoms with Crippen LogP contribution in [0.25, 0.3) is 0 Å². The normalized spacial score (nSPS) is 19.4. The maximum absolute atomic E-state index is 13.0. The summed E-state index contributed by atoms with van der Waals surface area (Å²) in [4.78, 5) is 65.4. The van der Waals surface area contributed by atoms with Crippen LogP contribution in [0.5, 0.6) is 0 Å². The topological polar surface area (TPSA) is 200 Å². The minimum absolute atomic E-state index is 0.0345. The number of anilines is 1. The highest BCUT2D eigenvalue weighted by Crippen LogP contribution is 2.41. The average Bonchev–Trinajstić information content (AvgIpc) is 3.25. The maximum atomic E-state index is 13.0. The SMILES string of the molecule is CC(=O)OC/C=C\C1=C(C(=O)OCOC(C)=O)N2C(=O)[C@@H](NC(=O)/C(=N\O)c3csc(N)n3)[C@@H]2SC1. The van der Waals surface area contributed by atoms with Crippen molar-refractivity contribution in [3.63, 3.8) is 0 Å². The third kappa shape index (κ3) is 6.01. The third-order valence-corrected chi connectivity index (χ3v) is 6.69. The lowest BCUT2D eigenvalue weighted by Gasteiger charge is -2.49. The number of nitrogen functional groups attached to an aromatic ring is 1. The average molecular weight is 540 g/mol. The molecule has 0 aliphatic carbocycles. The number of nitrogens with one attached hydrogen (secondary N) is 1. The second-order valence-corrected chi connectivity index (χ2v) is 9.14. The summed E-state index contributed by atoms with van der Waals surface area (Å²) in [6.07, 6.45) is 3.00. The van der Waals surface area contributed by atoms with E-state index in [1.165, 1.54) is 36.2 Å². The number of fused-ring (bicyclic) bond motifs is 1. The van der Waals surface area contributed by atoms with Gasteiger partial charge in [-0.3, -0.25) is 24.1 Å². The molecule has 4 N–H and O–H groups in total. The molecule has 0 radical (unpaired) electrons. The first kappa shape index (κ1) is 26.7. The lowest BCUT2D eigenvalue weighted by molar-refractivity contribution is -0.166. The molecule has 2 aliphatic heterocycles. The number of thioether (sulfide) groups is 1. The summed E-state index contributed by atoms with van der Waals surface area (Å²) in [7, 11) is 0. The van der Waals surface area contributed by atoms with Crippen molar-refractivity contribution in [2.45, 2.75) is 25.3 Å². The number of carbonyl (C=O) groups excluding carboxylic acids is 5. The summed E-state index contributed by atoms with van der Waals surface area (Å²) < 4.78 is 14.4. The van der Waals surface area contributed by atoms with Crippen molar-refractivity contribution in [2.75, 3.05) is 24.9 Å². The molecule has 0 unspecified atom stereocenters. The molecule has 14 nitrogen and oxygen atoms in total. The van der Waals surface area contributed by atoms with Gasteiger partial charge in [-0.25, -0.2) is 9.78 Å². The fourth-order valence-corrected chi connectivity index (χ4v) is 5.04. The first-order chi connectivity index (χ1) is 17.1. The Morgan fingerprint density at radius 1 is 1.28 bits per heavy atom. The summed E-state index contributed by atoms with van der Waals surface area (Å²) in [6, 6.07) is -1.04. The molecule has 0 bridgehead atoms. The Kier molecular flexibility index (Phi) is 8.65. The van der Waals surface area contributed by atoms with E-state index in [2.05, 4.69) is 20.2 Å². The van der Waals surface area contributed by atoms with E-state index in [1.807, 2.05) is 0 Å². The maximum Gasteiger partial charge on any atom is 0.358 e. The summed E-state index contributed by atoms with van der Waals surface area (Å²) in [6.45, 7) is 1.67. The Morgan fingerprint density at radius 3 is 2.61 bits per heavy atom. The van der Waals surface area contributed by atoms with Crippen LogP contribution >= 0.6 is 23.1 Å². The van der Waals surface area contributed by atoms with Gasteiger partial charge in [0.25, 0.3) is 11.8 Å². The van der Waals surface area contributed by atoms with E-state index < -0.39 is 53.6 Å². The van der Waals surface area contributed by atoms with Crippen molar-refractivity contribution in [3.8, 4) is 0 Å². The van der Waals surface area contributed by atoms with Crippen molar-refractivity contribution in [1.29, 1.82) is 0 Å². The second-order valence-electron chi connectivity index (χ2n) is 7.14. The van der Waals surface area contributed by atoms with Gasteiger partial charge >= 0.3 is 17.9 Å². The molecular weight excluding hydrogens is 518 g/mol. The van der Waals surface area contributed by atoms with E-state index in [0.29, 0.717) is 5.57 Å².